The lowest BCUT2D eigenvalue weighted by atomic mass is 9.98. The Morgan fingerprint density at radius 2 is 1.58 bits per heavy atom. The number of fused-ring (bicyclic) bond motifs is 3. The summed E-state index contributed by atoms with van der Waals surface area (Å²) < 4.78 is 31.3. The molecule has 1 aliphatic rings. The van der Waals surface area contributed by atoms with E-state index in [1.54, 1.807) is 6.92 Å². The molecule has 7 nitrogen and oxygen atoms in total. The molecule has 0 fully saturated rings. The summed E-state index contributed by atoms with van der Waals surface area (Å²) in [5, 5.41) is 13.4. The van der Waals surface area contributed by atoms with Crippen molar-refractivity contribution >= 4 is 18.0 Å². The van der Waals surface area contributed by atoms with Crippen LogP contribution < -0.4 is 10.6 Å². The molecule has 0 aromatic heterocycles. The first-order chi connectivity index (χ1) is 15.8. The molecule has 2 unspecified atom stereocenters. The van der Waals surface area contributed by atoms with Crippen molar-refractivity contribution in [2.45, 2.75) is 50.6 Å². The van der Waals surface area contributed by atoms with Crippen LogP contribution >= 0.6 is 0 Å². The van der Waals surface area contributed by atoms with Crippen LogP contribution in [0, 0.1) is 0 Å². The minimum Gasteiger partial charge on any atom is -0.481 e. The molecule has 176 valence electrons. The number of halogens is 2. The topological polar surface area (TPSA) is 105 Å². The molecule has 2 atom stereocenters. The number of carbonyl (C=O) groups is 3. The number of carboxylic acids is 1. The van der Waals surface area contributed by atoms with E-state index in [-0.39, 0.29) is 25.4 Å². The second-order valence-corrected chi connectivity index (χ2v) is 7.99. The number of hydrogen-bond acceptors (Lipinski definition) is 4. The third-order valence-corrected chi connectivity index (χ3v) is 5.55. The zero-order chi connectivity index (χ0) is 24.0. The zero-order valence-electron chi connectivity index (χ0n) is 18.1. The SMILES string of the molecule is CC(CCC(=O)O)NC(=O)C(CC(F)F)NC(=O)OCC1c2ccccc2-c2ccccc21. The number of carbonyl (C=O) groups excluding carboxylic acids is 2. The van der Waals surface area contributed by atoms with Gasteiger partial charge in [0.2, 0.25) is 12.3 Å². The van der Waals surface area contributed by atoms with Gasteiger partial charge in [-0.2, -0.15) is 0 Å². The van der Waals surface area contributed by atoms with Gasteiger partial charge in [-0.3, -0.25) is 9.59 Å². The maximum atomic E-state index is 13.0. The third kappa shape index (κ3) is 6.27. The molecule has 3 rings (SSSR count). The van der Waals surface area contributed by atoms with Gasteiger partial charge in [-0.1, -0.05) is 48.5 Å². The summed E-state index contributed by atoms with van der Waals surface area (Å²) >= 11 is 0. The Morgan fingerprint density at radius 1 is 1.00 bits per heavy atom. The van der Waals surface area contributed by atoms with Gasteiger partial charge in [-0.15, -0.1) is 0 Å². The normalized spacial score (nSPS) is 14.2. The molecule has 0 heterocycles. The van der Waals surface area contributed by atoms with Crippen LogP contribution in [0.15, 0.2) is 48.5 Å². The standard InChI is InChI=1S/C24H26F2N2O5/c1-14(10-11-22(29)30)27-23(31)20(12-21(25)26)28-24(32)33-13-19-17-8-4-2-6-15(17)16-7-3-5-9-18(16)19/h2-9,14,19-21H,10-13H2,1H3,(H,27,31)(H,28,32)(H,29,30). The Hall–Kier alpha value is -3.49. The minimum atomic E-state index is -2.83. The highest BCUT2D eigenvalue weighted by molar-refractivity contribution is 5.86. The van der Waals surface area contributed by atoms with Gasteiger partial charge in [0.15, 0.2) is 0 Å². The first kappa shape index (κ1) is 24.2. The minimum absolute atomic E-state index is 0.0160. The number of amides is 2. The Bertz CT molecular complexity index is 968. The van der Waals surface area contributed by atoms with Crippen LogP contribution in [-0.2, 0) is 14.3 Å². The molecule has 1 aliphatic carbocycles. The molecule has 3 N–H and O–H groups in total. The van der Waals surface area contributed by atoms with Crippen LogP contribution in [0.2, 0.25) is 0 Å². The van der Waals surface area contributed by atoms with Gasteiger partial charge in [0.25, 0.3) is 0 Å². The van der Waals surface area contributed by atoms with Gasteiger partial charge < -0.3 is 20.5 Å². The monoisotopic (exact) mass is 460 g/mol. The molecule has 0 saturated heterocycles. The van der Waals surface area contributed by atoms with Gasteiger partial charge in [0, 0.05) is 24.8 Å². The quantitative estimate of drug-likeness (QED) is 0.499. The van der Waals surface area contributed by atoms with E-state index in [0.29, 0.717) is 0 Å². The number of hydrogen-bond donors (Lipinski definition) is 3. The van der Waals surface area contributed by atoms with Crippen molar-refractivity contribution in [1.29, 1.82) is 0 Å². The summed E-state index contributed by atoms with van der Waals surface area (Å²) in [6.07, 6.45) is -4.74. The molecule has 0 radical (unpaired) electrons. The Morgan fingerprint density at radius 3 is 2.12 bits per heavy atom. The summed E-state index contributed by atoms with van der Waals surface area (Å²) in [6, 6.07) is 13.5. The predicted molar refractivity (Wildman–Crippen MR) is 117 cm³/mol. The zero-order valence-corrected chi connectivity index (χ0v) is 18.1. The van der Waals surface area contributed by atoms with E-state index in [1.165, 1.54) is 0 Å². The van der Waals surface area contributed by atoms with E-state index in [4.69, 9.17) is 9.84 Å². The number of nitrogens with one attached hydrogen (secondary N) is 2. The number of aliphatic carboxylic acids is 1. The molecule has 0 aliphatic heterocycles. The van der Waals surface area contributed by atoms with Crippen molar-refractivity contribution in [3.63, 3.8) is 0 Å². The van der Waals surface area contributed by atoms with Crippen LogP contribution in [0.3, 0.4) is 0 Å². The molecule has 0 saturated carbocycles. The molecule has 9 heteroatoms. The van der Waals surface area contributed by atoms with E-state index < -0.39 is 42.9 Å². The van der Waals surface area contributed by atoms with Crippen molar-refractivity contribution < 1.29 is 33.0 Å². The second kappa shape index (κ2) is 10.9. The van der Waals surface area contributed by atoms with E-state index in [1.807, 2.05) is 48.5 Å². The highest BCUT2D eigenvalue weighted by atomic mass is 19.3. The van der Waals surface area contributed by atoms with E-state index in [9.17, 15) is 23.2 Å². The first-order valence-electron chi connectivity index (χ1n) is 10.7. The van der Waals surface area contributed by atoms with Crippen molar-refractivity contribution in [3.8, 4) is 11.1 Å². The maximum absolute atomic E-state index is 13.0. The Balaban J connectivity index is 1.61. The number of rotatable bonds is 10. The second-order valence-electron chi connectivity index (χ2n) is 7.99. The molecule has 0 bridgehead atoms. The largest absolute Gasteiger partial charge is 0.481 e. The van der Waals surface area contributed by atoms with Crippen molar-refractivity contribution in [2.24, 2.45) is 0 Å². The van der Waals surface area contributed by atoms with Crippen LogP contribution in [-0.4, -0.2) is 48.2 Å². The van der Waals surface area contributed by atoms with E-state index in [2.05, 4.69) is 10.6 Å². The van der Waals surface area contributed by atoms with Crippen molar-refractivity contribution in [2.75, 3.05) is 6.61 Å². The van der Waals surface area contributed by atoms with Gasteiger partial charge in [0.05, 0.1) is 0 Å². The molecule has 33 heavy (non-hydrogen) atoms. The first-order valence-corrected chi connectivity index (χ1v) is 10.7. The maximum Gasteiger partial charge on any atom is 0.407 e. The van der Waals surface area contributed by atoms with Crippen molar-refractivity contribution in [1.82, 2.24) is 10.6 Å². The highest BCUT2D eigenvalue weighted by Gasteiger charge is 2.30. The summed E-state index contributed by atoms with van der Waals surface area (Å²) in [5.41, 5.74) is 4.10. The van der Waals surface area contributed by atoms with Gasteiger partial charge >= 0.3 is 12.1 Å². The number of benzene rings is 2. The molecule has 2 aromatic carbocycles. The molecular weight excluding hydrogens is 434 g/mol. The van der Waals surface area contributed by atoms with Crippen LogP contribution in [0.4, 0.5) is 13.6 Å². The molecule has 2 amide bonds. The summed E-state index contributed by atoms with van der Waals surface area (Å²) in [7, 11) is 0. The summed E-state index contributed by atoms with van der Waals surface area (Å²) in [5.74, 6) is -2.06. The average molecular weight is 460 g/mol. The van der Waals surface area contributed by atoms with Gasteiger partial charge in [0.1, 0.15) is 12.6 Å². The van der Waals surface area contributed by atoms with Crippen molar-refractivity contribution in [3.05, 3.63) is 59.7 Å². The van der Waals surface area contributed by atoms with Crippen LogP contribution in [0.25, 0.3) is 11.1 Å². The fraction of sp³-hybridized carbons (Fsp3) is 0.375. The Labute approximate surface area is 190 Å². The predicted octanol–water partition coefficient (Wildman–Crippen LogP) is 3.92. The van der Waals surface area contributed by atoms with E-state index in [0.717, 1.165) is 22.3 Å². The van der Waals surface area contributed by atoms with Gasteiger partial charge in [-0.05, 0) is 35.6 Å². The molecule has 0 spiro atoms. The fourth-order valence-electron chi connectivity index (χ4n) is 3.95. The highest BCUT2D eigenvalue weighted by Crippen LogP contribution is 2.44. The van der Waals surface area contributed by atoms with Crippen LogP contribution in [0.1, 0.15) is 43.2 Å². The van der Waals surface area contributed by atoms with Gasteiger partial charge in [-0.25, -0.2) is 13.6 Å². The summed E-state index contributed by atoms with van der Waals surface area (Å²) in [4.78, 5) is 35.4. The van der Waals surface area contributed by atoms with E-state index >= 15 is 0 Å². The molecule has 2 aromatic rings. The van der Waals surface area contributed by atoms with Crippen LogP contribution in [0.5, 0.6) is 0 Å². The number of ether oxygens (including phenoxy) is 1. The Kier molecular flexibility index (Phi) is 7.97. The summed E-state index contributed by atoms with van der Waals surface area (Å²) in [6.45, 7) is 1.55. The number of alkyl halides is 2. The lowest BCUT2D eigenvalue weighted by Crippen LogP contribution is -2.50. The average Bonchev–Trinajstić information content (AvgIpc) is 3.09. The lowest BCUT2D eigenvalue weighted by Gasteiger charge is -2.21. The third-order valence-electron chi connectivity index (χ3n) is 5.55. The number of carboxylic acid groups (broad SMARTS) is 1. The number of alkyl carbamates (subject to hydrolysis) is 1. The smallest absolute Gasteiger partial charge is 0.407 e. The lowest BCUT2D eigenvalue weighted by molar-refractivity contribution is -0.137. The molecular formula is C24H26F2N2O5. The fourth-order valence-corrected chi connectivity index (χ4v) is 3.95.